The number of rotatable bonds is 5. The maximum Gasteiger partial charge on any atom is 0.248 e. The average molecular weight is 441 g/mol. The summed E-state index contributed by atoms with van der Waals surface area (Å²) < 4.78 is 24.2. The van der Waals surface area contributed by atoms with Crippen LogP contribution in [0.4, 0.5) is 0 Å². The van der Waals surface area contributed by atoms with E-state index in [0.29, 0.717) is 29.1 Å². The summed E-state index contributed by atoms with van der Waals surface area (Å²) in [6.07, 6.45) is 6.40. The average Bonchev–Trinajstić information content (AvgIpc) is 3.32. The number of amides is 1. The van der Waals surface area contributed by atoms with Crippen LogP contribution in [-0.2, 0) is 21.2 Å². The third kappa shape index (κ3) is 4.74. The topological polar surface area (TPSA) is 66.8 Å². The Kier molecular flexibility index (Phi) is 6.04. The number of carbonyl (C=O) groups excluding carboxylic acids is 1. The molecule has 28 heavy (non-hydrogen) atoms. The number of carbonyl (C=O) groups is 1. The lowest BCUT2D eigenvalue weighted by atomic mass is 10.0. The second-order valence-corrected chi connectivity index (χ2v) is 11.8. The summed E-state index contributed by atoms with van der Waals surface area (Å²) in [7, 11) is -3.03. The molecule has 2 atom stereocenters. The van der Waals surface area contributed by atoms with E-state index in [1.165, 1.54) is 37.4 Å². The summed E-state index contributed by atoms with van der Waals surface area (Å²) in [6, 6.07) is 7.40. The fourth-order valence-corrected chi connectivity index (χ4v) is 8.49. The van der Waals surface area contributed by atoms with E-state index in [1.807, 2.05) is 29.2 Å². The third-order valence-corrected chi connectivity index (χ3v) is 9.40. The van der Waals surface area contributed by atoms with Crippen LogP contribution in [0.3, 0.4) is 0 Å². The Morgan fingerprint density at radius 2 is 1.89 bits per heavy atom. The third-order valence-electron chi connectivity index (χ3n) is 5.90. The van der Waals surface area contributed by atoms with Crippen LogP contribution in [0.15, 0.2) is 29.3 Å². The van der Waals surface area contributed by atoms with Gasteiger partial charge in [-0.2, -0.15) is 4.99 Å². The first-order valence-electron chi connectivity index (χ1n) is 9.89. The van der Waals surface area contributed by atoms with Gasteiger partial charge in [-0.05, 0) is 30.0 Å². The van der Waals surface area contributed by atoms with Crippen LogP contribution in [-0.4, -0.2) is 47.2 Å². The highest BCUT2D eigenvalue weighted by Crippen LogP contribution is 2.39. The Morgan fingerprint density at radius 1 is 1.18 bits per heavy atom. The van der Waals surface area contributed by atoms with Crippen LogP contribution < -0.4 is 0 Å². The summed E-state index contributed by atoms with van der Waals surface area (Å²) in [5.41, 5.74) is 1.03. The van der Waals surface area contributed by atoms with Gasteiger partial charge in [-0.15, -0.1) is 0 Å². The van der Waals surface area contributed by atoms with Crippen molar-refractivity contribution in [2.24, 2.45) is 10.9 Å². The smallest absolute Gasteiger partial charge is 0.248 e. The normalized spacial score (nSPS) is 28.2. The lowest BCUT2D eigenvalue weighted by Crippen LogP contribution is -2.37. The van der Waals surface area contributed by atoms with E-state index in [9.17, 15) is 13.2 Å². The van der Waals surface area contributed by atoms with Crippen molar-refractivity contribution in [2.45, 2.75) is 56.4 Å². The molecule has 152 valence electrons. The van der Waals surface area contributed by atoms with Gasteiger partial charge in [0.15, 0.2) is 15.0 Å². The molecule has 4 rings (SSSR count). The molecule has 3 aliphatic rings. The molecule has 0 spiro atoms. The Morgan fingerprint density at radius 3 is 2.61 bits per heavy atom. The highest BCUT2D eigenvalue weighted by molar-refractivity contribution is 8.15. The van der Waals surface area contributed by atoms with Crippen molar-refractivity contribution >= 4 is 44.3 Å². The van der Waals surface area contributed by atoms with E-state index in [1.54, 1.807) is 0 Å². The summed E-state index contributed by atoms with van der Waals surface area (Å²) in [6.45, 7) is 0.537. The predicted molar refractivity (Wildman–Crippen MR) is 114 cm³/mol. The highest BCUT2D eigenvalue weighted by atomic mass is 35.5. The van der Waals surface area contributed by atoms with Gasteiger partial charge >= 0.3 is 0 Å². The molecule has 1 saturated carbocycles. The number of hydrogen-bond acceptors (Lipinski definition) is 4. The first-order valence-corrected chi connectivity index (χ1v) is 13.0. The zero-order valence-corrected chi connectivity index (χ0v) is 18.1. The van der Waals surface area contributed by atoms with Crippen molar-refractivity contribution in [1.29, 1.82) is 0 Å². The van der Waals surface area contributed by atoms with Crippen molar-refractivity contribution in [3.05, 3.63) is 34.9 Å². The fraction of sp³-hybridized carbons (Fsp3) is 0.600. The van der Waals surface area contributed by atoms with Gasteiger partial charge in [0, 0.05) is 23.2 Å². The van der Waals surface area contributed by atoms with E-state index in [0.717, 1.165) is 12.0 Å². The van der Waals surface area contributed by atoms with Crippen molar-refractivity contribution < 1.29 is 13.2 Å². The summed E-state index contributed by atoms with van der Waals surface area (Å²) in [5, 5.41) is 1.30. The largest absolute Gasteiger partial charge is 0.342 e. The van der Waals surface area contributed by atoms with Gasteiger partial charge in [0.1, 0.15) is 0 Å². The molecule has 3 fully saturated rings. The van der Waals surface area contributed by atoms with E-state index in [-0.39, 0.29) is 28.7 Å². The van der Waals surface area contributed by atoms with Crippen LogP contribution in [0.1, 0.15) is 44.1 Å². The molecule has 5 nitrogen and oxygen atoms in total. The second-order valence-electron chi connectivity index (χ2n) is 8.03. The van der Waals surface area contributed by atoms with Crippen LogP contribution >= 0.6 is 23.4 Å². The molecular formula is C20H25ClN2O3S2. The number of thioether (sulfide) groups is 1. The molecule has 1 amide bonds. The molecule has 0 unspecified atom stereocenters. The van der Waals surface area contributed by atoms with Gasteiger partial charge in [-0.1, -0.05) is 61.2 Å². The Labute approximate surface area is 175 Å². The quantitative estimate of drug-likeness (QED) is 0.694. The van der Waals surface area contributed by atoms with Crippen LogP contribution in [0.25, 0.3) is 0 Å². The minimum absolute atomic E-state index is 0.0429. The van der Waals surface area contributed by atoms with Gasteiger partial charge in [-0.25, -0.2) is 8.42 Å². The van der Waals surface area contributed by atoms with Crippen LogP contribution in [0.2, 0.25) is 5.02 Å². The van der Waals surface area contributed by atoms with Crippen molar-refractivity contribution in [3.63, 3.8) is 0 Å². The molecule has 2 aliphatic heterocycles. The summed E-state index contributed by atoms with van der Waals surface area (Å²) >= 11 is 7.43. The van der Waals surface area contributed by atoms with Gasteiger partial charge < -0.3 is 4.90 Å². The van der Waals surface area contributed by atoms with Crippen molar-refractivity contribution in [3.8, 4) is 0 Å². The highest BCUT2D eigenvalue weighted by Gasteiger charge is 2.48. The Bertz CT molecular complexity index is 864. The minimum Gasteiger partial charge on any atom is -0.342 e. The molecule has 2 saturated heterocycles. The molecule has 8 heteroatoms. The van der Waals surface area contributed by atoms with Gasteiger partial charge in [0.2, 0.25) is 5.91 Å². The number of benzene rings is 1. The molecule has 1 aromatic rings. The maximum absolute atomic E-state index is 12.5. The molecular weight excluding hydrogens is 416 g/mol. The Hall–Kier alpha value is -1.05. The number of sulfone groups is 1. The Balaban J connectivity index is 1.49. The van der Waals surface area contributed by atoms with Gasteiger partial charge in [0.05, 0.1) is 17.5 Å². The minimum atomic E-state index is -3.03. The lowest BCUT2D eigenvalue weighted by molar-refractivity contribution is -0.118. The number of aliphatic imine (C=N–C) groups is 1. The number of amidine groups is 1. The molecule has 0 N–H and O–H groups in total. The predicted octanol–water partition coefficient (Wildman–Crippen LogP) is 3.91. The first kappa shape index (κ1) is 20.2. The van der Waals surface area contributed by atoms with E-state index in [2.05, 4.69) is 4.99 Å². The second kappa shape index (κ2) is 8.36. The van der Waals surface area contributed by atoms with Crippen LogP contribution in [0.5, 0.6) is 0 Å². The monoisotopic (exact) mass is 440 g/mol. The fourth-order valence-electron chi connectivity index (χ4n) is 4.40. The lowest BCUT2D eigenvalue weighted by Gasteiger charge is -2.24. The number of halogens is 1. The molecule has 1 aliphatic carbocycles. The SMILES string of the molecule is O=C(CCC1CCCC1)N=C1S[C@@H]2CS(=O)(=O)C[C@@H]2N1Cc1ccc(Cl)cc1. The number of fused-ring (bicyclic) bond motifs is 1. The zero-order valence-electron chi connectivity index (χ0n) is 15.7. The van der Waals surface area contributed by atoms with E-state index >= 15 is 0 Å². The molecule has 2 heterocycles. The summed E-state index contributed by atoms with van der Waals surface area (Å²) in [5.74, 6) is 0.871. The molecule has 0 radical (unpaired) electrons. The first-order chi connectivity index (χ1) is 13.4. The zero-order chi connectivity index (χ0) is 19.7. The number of hydrogen-bond donors (Lipinski definition) is 0. The summed E-state index contributed by atoms with van der Waals surface area (Å²) in [4.78, 5) is 18.9. The van der Waals surface area contributed by atoms with Crippen molar-refractivity contribution in [2.75, 3.05) is 11.5 Å². The maximum atomic E-state index is 12.5. The van der Waals surface area contributed by atoms with E-state index < -0.39 is 9.84 Å². The molecule has 0 aromatic heterocycles. The number of nitrogens with zero attached hydrogens (tertiary/aromatic N) is 2. The van der Waals surface area contributed by atoms with Crippen molar-refractivity contribution in [1.82, 2.24) is 4.90 Å². The molecule has 0 bridgehead atoms. The molecule has 1 aromatic carbocycles. The standard InChI is InChI=1S/C20H25ClN2O3S2/c21-16-8-5-15(6-9-16)11-23-17-12-28(25,26)13-18(17)27-20(23)22-19(24)10-7-14-3-1-2-4-14/h5-6,8-9,14,17-18H,1-4,7,10-13H2/t17-,18+/m0/s1. The van der Waals surface area contributed by atoms with Crippen LogP contribution in [0, 0.1) is 5.92 Å². The van der Waals surface area contributed by atoms with E-state index in [4.69, 9.17) is 11.6 Å². The van der Waals surface area contributed by atoms with Gasteiger partial charge in [-0.3, -0.25) is 4.79 Å². The van der Waals surface area contributed by atoms with Gasteiger partial charge in [0.25, 0.3) is 0 Å².